The Balaban J connectivity index is 1.14. The highest BCUT2D eigenvalue weighted by Crippen LogP contribution is 2.22. The molecule has 2 amide bonds. The number of anilines is 2. The molecule has 2 aromatic carbocycles. The molecule has 0 spiro atoms. The van der Waals surface area contributed by atoms with Crippen LogP contribution in [0.5, 0.6) is 0 Å². The van der Waals surface area contributed by atoms with Gasteiger partial charge in [0.15, 0.2) is 0 Å². The van der Waals surface area contributed by atoms with Crippen molar-refractivity contribution in [1.82, 2.24) is 10.2 Å². The summed E-state index contributed by atoms with van der Waals surface area (Å²) in [5.74, 6) is 0.133. The maximum Gasteiger partial charge on any atom is 0.238 e. The average Bonchev–Trinajstić information content (AvgIpc) is 2.86. The topological polar surface area (TPSA) is 64.7 Å². The van der Waals surface area contributed by atoms with Crippen molar-refractivity contribution in [2.45, 2.75) is 51.0 Å². The number of piperidine rings is 2. The van der Waals surface area contributed by atoms with Crippen LogP contribution in [0.3, 0.4) is 0 Å². The number of hydrogen-bond donors (Lipinski definition) is 2. The Morgan fingerprint density at radius 2 is 1.52 bits per heavy atom. The molecule has 2 fully saturated rings. The summed E-state index contributed by atoms with van der Waals surface area (Å²) in [5, 5.41) is 6.19. The molecule has 0 atom stereocenters. The van der Waals surface area contributed by atoms with Gasteiger partial charge in [-0.25, -0.2) is 0 Å². The number of hydrogen-bond acceptors (Lipinski definition) is 4. The Hall–Kier alpha value is -2.86. The molecule has 0 unspecified atom stereocenters. The Labute approximate surface area is 197 Å². The maximum absolute atomic E-state index is 12.5. The van der Waals surface area contributed by atoms with Crippen LogP contribution >= 0.6 is 0 Å². The van der Waals surface area contributed by atoms with E-state index in [0.29, 0.717) is 13.0 Å². The molecule has 2 N–H and O–H groups in total. The molecule has 6 heteroatoms. The lowest BCUT2D eigenvalue weighted by Crippen LogP contribution is -2.46. The zero-order valence-electron chi connectivity index (χ0n) is 19.5. The van der Waals surface area contributed by atoms with E-state index >= 15 is 0 Å². The number of nitrogens with zero attached hydrogens (tertiary/aromatic N) is 2. The van der Waals surface area contributed by atoms with E-state index in [4.69, 9.17) is 0 Å². The van der Waals surface area contributed by atoms with Crippen molar-refractivity contribution in [1.29, 1.82) is 0 Å². The van der Waals surface area contributed by atoms with Crippen LogP contribution in [0, 0.1) is 0 Å². The fourth-order valence-electron chi connectivity index (χ4n) is 4.75. The fraction of sp³-hybridized carbons (Fsp3) is 0.481. The van der Waals surface area contributed by atoms with Crippen LogP contribution < -0.4 is 15.5 Å². The van der Waals surface area contributed by atoms with Crippen LogP contribution in [-0.2, 0) is 16.0 Å². The second-order valence-corrected chi connectivity index (χ2v) is 9.25. The standard InChI is InChI=1S/C27H36N4O2/c32-26(14-9-22-7-3-1-4-8-22)28-24-15-19-30(20-16-24)21-27(33)29-23-10-12-25(13-11-23)31-17-5-2-6-18-31/h1,3-4,7-8,10-13,24H,2,5-6,9,14-21H2,(H,28,32)(H,29,33). The van der Waals surface area contributed by atoms with Gasteiger partial charge >= 0.3 is 0 Å². The van der Waals surface area contributed by atoms with Crippen molar-refractivity contribution in [3.8, 4) is 0 Å². The van der Waals surface area contributed by atoms with E-state index in [1.54, 1.807) is 0 Å². The van der Waals surface area contributed by atoms with Crippen LogP contribution in [0.25, 0.3) is 0 Å². The van der Waals surface area contributed by atoms with E-state index in [1.165, 1.54) is 30.5 Å². The normalized spacial score (nSPS) is 17.5. The number of nitrogens with one attached hydrogen (secondary N) is 2. The summed E-state index contributed by atoms with van der Waals surface area (Å²) >= 11 is 0. The van der Waals surface area contributed by atoms with E-state index in [9.17, 15) is 9.59 Å². The molecule has 0 aromatic heterocycles. The Morgan fingerprint density at radius 3 is 2.21 bits per heavy atom. The van der Waals surface area contributed by atoms with Gasteiger partial charge in [0.1, 0.15) is 0 Å². The average molecular weight is 449 g/mol. The number of aryl methyl sites for hydroxylation is 1. The third-order valence-corrected chi connectivity index (χ3v) is 6.68. The fourth-order valence-corrected chi connectivity index (χ4v) is 4.75. The molecule has 2 aliphatic heterocycles. The summed E-state index contributed by atoms with van der Waals surface area (Å²) in [6.07, 6.45) is 6.89. The number of carbonyl (C=O) groups excluding carboxylic acids is 2. The minimum Gasteiger partial charge on any atom is -0.372 e. The van der Waals surface area contributed by atoms with Crippen LogP contribution in [0.4, 0.5) is 11.4 Å². The molecule has 0 saturated carbocycles. The molecular weight excluding hydrogens is 412 g/mol. The van der Waals surface area contributed by atoms with Crippen molar-refractivity contribution >= 4 is 23.2 Å². The zero-order chi connectivity index (χ0) is 22.9. The monoisotopic (exact) mass is 448 g/mol. The highest BCUT2D eigenvalue weighted by atomic mass is 16.2. The molecule has 4 rings (SSSR count). The third-order valence-electron chi connectivity index (χ3n) is 6.68. The lowest BCUT2D eigenvalue weighted by molar-refractivity contribution is -0.122. The SMILES string of the molecule is O=C(CN1CCC(NC(=O)CCc2ccccc2)CC1)Nc1ccc(N2CCCCC2)cc1. The van der Waals surface area contributed by atoms with Crippen LogP contribution in [0.2, 0.25) is 0 Å². The second kappa shape index (κ2) is 11.8. The summed E-state index contributed by atoms with van der Waals surface area (Å²) in [6, 6.07) is 18.5. The van der Waals surface area contributed by atoms with Gasteiger partial charge in [-0.1, -0.05) is 30.3 Å². The molecule has 0 aliphatic carbocycles. The van der Waals surface area contributed by atoms with Gasteiger partial charge in [0, 0.05) is 50.0 Å². The number of amides is 2. The van der Waals surface area contributed by atoms with Gasteiger partial charge in [-0.3, -0.25) is 14.5 Å². The number of likely N-dealkylation sites (tertiary alicyclic amines) is 1. The minimum absolute atomic E-state index is 0.0195. The molecule has 2 saturated heterocycles. The summed E-state index contributed by atoms with van der Waals surface area (Å²) in [5.41, 5.74) is 3.27. The van der Waals surface area contributed by atoms with E-state index in [1.807, 2.05) is 30.3 Å². The van der Waals surface area contributed by atoms with Crippen LogP contribution in [-0.4, -0.2) is 55.5 Å². The quantitative estimate of drug-likeness (QED) is 0.644. The first kappa shape index (κ1) is 23.3. The summed E-state index contributed by atoms with van der Waals surface area (Å²) in [6.45, 7) is 4.28. The molecular formula is C27H36N4O2. The van der Waals surface area contributed by atoms with Crippen LogP contribution in [0.1, 0.15) is 44.1 Å². The minimum atomic E-state index is 0.0195. The molecule has 0 bridgehead atoms. The summed E-state index contributed by atoms with van der Waals surface area (Å²) in [7, 11) is 0. The third kappa shape index (κ3) is 7.32. The van der Waals surface area contributed by atoms with Gasteiger partial charge in [-0.2, -0.15) is 0 Å². The van der Waals surface area contributed by atoms with Gasteiger partial charge in [0.2, 0.25) is 11.8 Å². The van der Waals surface area contributed by atoms with Crippen molar-refractivity contribution in [2.24, 2.45) is 0 Å². The zero-order valence-corrected chi connectivity index (χ0v) is 19.5. The number of benzene rings is 2. The van der Waals surface area contributed by atoms with Gasteiger partial charge in [0.25, 0.3) is 0 Å². The Kier molecular flexibility index (Phi) is 8.36. The molecule has 6 nitrogen and oxygen atoms in total. The van der Waals surface area contributed by atoms with E-state index in [-0.39, 0.29) is 17.9 Å². The number of carbonyl (C=O) groups is 2. The smallest absolute Gasteiger partial charge is 0.238 e. The van der Waals surface area contributed by atoms with Gasteiger partial charge in [-0.05, 0) is 68.4 Å². The first-order chi connectivity index (χ1) is 16.2. The van der Waals surface area contributed by atoms with Crippen molar-refractivity contribution in [3.63, 3.8) is 0 Å². The van der Waals surface area contributed by atoms with Gasteiger partial charge in [-0.15, -0.1) is 0 Å². The molecule has 0 radical (unpaired) electrons. The van der Waals surface area contributed by atoms with Crippen molar-refractivity contribution in [2.75, 3.05) is 42.9 Å². The highest BCUT2D eigenvalue weighted by Gasteiger charge is 2.22. The Bertz CT molecular complexity index is 886. The first-order valence-corrected chi connectivity index (χ1v) is 12.4. The highest BCUT2D eigenvalue weighted by molar-refractivity contribution is 5.92. The predicted octanol–water partition coefficient (Wildman–Crippen LogP) is 3.83. The van der Waals surface area contributed by atoms with E-state index < -0.39 is 0 Å². The molecule has 2 heterocycles. The van der Waals surface area contributed by atoms with Crippen molar-refractivity contribution < 1.29 is 9.59 Å². The molecule has 2 aliphatic rings. The summed E-state index contributed by atoms with van der Waals surface area (Å²) in [4.78, 5) is 29.4. The number of rotatable bonds is 8. The van der Waals surface area contributed by atoms with Crippen molar-refractivity contribution in [3.05, 3.63) is 60.2 Å². The maximum atomic E-state index is 12.5. The predicted molar refractivity (Wildman–Crippen MR) is 134 cm³/mol. The van der Waals surface area contributed by atoms with Gasteiger partial charge < -0.3 is 15.5 Å². The Morgan fingerprint density at radius 1 is 0.818 bits per heavy atom. The molecule has 2 aromatic rings. The van der Waals surface area contributed by atoms with Gasteiger partial charge in [0.05, 0.1) is 6.54 Å². The van der Waals surface area contributed by atoms with Crippen LogP contribution in [0.15, 0.2) is 54.6 Å². The first-order valence-electron chi connectivity index (χ1n) is 12.4. The largest absolute Gasteiger partial charge is 0.372 e. The van der Waals surface area contributed by atoms with E-state index in [0.717, 1.165) is 51.1 Å². The van der Waals surface area contributed by atoms with E-state index in [2.05, 4.69) is 44.7 Å². The second-order valence-electron chi connectivity index (χ2n) is 9.25. The molecule has 176 valence electrons. The summed E-state index contributed by atoms with van der Waals surface area (Å²) < 4.78 is 0. The lowest BCUT2D eigenvalue weighted by atomic mass is 10.0. The lowest BCUT2D eigenvalue weighted by Gasteiger charge is -2.32. The molecule has 33 heavy (non-hydrogen) atoms.